The van der Waals surface area contributed by atoms with E-state index in [-0.39, 0.29) is 0 Å². The summed E-state index contributed by atoms with van der Waals surface area (Å²) in [6, 6.07) is 11.7. The van der Waals surface area contributed by atoms with Crippen molar-refractivity contribution in [1.29, 1.82) is 0 Å². The maximum absolute atomic E-state index is 3.95. The zero-order valence-electron chi connectivity index (χ0n) is 10.5. The number of azo groups is 1. The van der Waals surface area contributed by atoms with Crippen LogP contribution in [0.3, 0.4) is 0 Å². The van der Waals surface area contributed by atoms with Crippen molar-refractivity contribution in [3.05, 3.63) is 59.9 Å². The quantitative estimate of drug-likeness (QED) is 0.414. The summed E-state index contributed by atoms with van der Waals surface area (Å²) >= 11 is 0. The zero-order chi connectivity index (χ0) is 12.8. The van der Waals surface area contributed by atoms with Crippen molar-refractivity contribution in [3.63, 3.8) is 0 Å². The van der Waals surface area contributed by atoms with Gasteiger partial charge in [0.05, 0.1) is 5.69 Å². The number of aryl methyl sites for hydroxylation is 1. The van der Waals surface area contributed by atoms with Gasteiger partial charge in [0.2, 0.25) is 0 Å². The average Bonchev–Trinajstić information content (AvgIpc) is 2.40. The molecule has 88 valence electrons. The Morgan fingerprint density at radius 2 is 1.44 bits per heavy atom. The third-order valence-corrected chi connectivity index (χ3v) is 2.41. The largest absolute Gasteiger partial charge is 0.208 e. The van der Waals surface area contributed by atoms with Crippen molar-refractivity contribution in [1.82, 2.24) is 0 Å². The Bertz CT molecular complexity index is 599. The lowest BCUT2D eigenvalue weighted by Gasteiger charge is -1.92. The van der Waals surface area contributed by atoms with Gasteiger partial charge in [-0.05, 0) is 24.3 Å². The Hall–Kier alpha value is -2.47. The van der Waals surface area contributed by atoms with Crippen molar-refractivity contribution in [3.8, 4) is 11.8 Å². The number of aromatic nitrogens is 1. The van der Waals surface area contributed by atoms with Gasteiger partial charge in [-0.2, -0.15) is 10.2 Å². The molecule has 0 aliphatic heterocycles. The highest BCUT2D eigenvalue weighted by Gasteiger charge is 1.92. The van der Waals surface area contributed by atoms with Crippen LogP contribution in [-0.4, -0.2) is 7.05 Å². The van der Waals surface area contributed by atoms with E-state index in [9.17, 15) is 0 Å². The standard InChI is InChI=1S/C15H14N3/c1-16-17-15-7-5-13(6-8-15)3-4-14-9-11-18(2)12-10-14/h5-12H,1-2H3/q+1. The summed E-state index contributed by atoms with van der Waals surface area (Å²) in [5.41, 5.74) is 2.82. The van der Waals surface area contributed by atoms with Crippen LogP contribution in [0.4, 0.5) is 5.69 Å². The predicted molar refractivity (Wildman–Crippen MR) is 70.5 cm³/mol. The summed E-state index contributed by atoms with van der Waals surface area (Å²) in [7, 11) is 3.64. The summed E-state index contributed by atoms with van der Waals surface area (Å²) in [6.45, 7) is 0. The van der Waals surface area contributed by atoms with Gasteiger partial charge < -0.3 is 0 Å². The molecule has 1 aromatic heterocycles. The lowest BCUT2D eigenvalue weighted by atomic mass is 10.2. The number of nitrogens with zero attached hydrogens (tertiary/aromatic N) is 3. The maximum atomic E-state index is 3.95. The lowest BCUT2D eigenvalue weighted by molar-refractivity contribution is -0.671. The Morgan fingerprint density at radius 1 is 0.889 bits per heavy atom. The van der Waals surface area contributed by atoms with Gasteiger partial charge in [-0.3, -0.25) is 0 Å². The van der Waals surface area contributed by atoms with Crippen LogP contribution >= 0.6 is 0 Å². The topological polar surface area (TPSA) is 28.6 Å². The van der Waals surface area contributed by atoms with E-state index in [0.29, 0.717) is 0 Å². The molecule has 0 radical (unpaired) electrons. The average molecular weight is 236 g/mol. The molecule has 0 aliphatic carbocycles. The lowest BCUT2D eigenvalue weighted by Crippen LogP contribution is -2.25. The van der Waals surface area contributed by atoms with Gasteiger partial charge >= 0.3 is 0 Å². The molecule has 2 aromatic rings. The molecule has 0 fully saturated rings. The minimum atomic E-state index is 0.842. The first kappa shape index (κ1) is 12.0. The molecule has 0 atom stereocenters. The number of hydrogen-bond donors (Lipinski definition) is 0. The molecule has 3 heteroatoms. The monoisotopic (exact) mass is 236 g/mol. The van der Waals surface area contributed by atoms with E-state index >= 15 is 0 Å². The van der Waals surface area contributed by atoms with E-state index in [1.807, 2.05) is 60.4 Å². The molecule has 0 saturated carbocycles. The highest BCUT2D eigenvalue weighted by atomic mass is 15.1. The normalized spacial score (nSPS) is 10.1. The molecule has 1 heterocycles. The van der Waals surface area contributed by atoms with Crippen LogP contribution in [-0.2, 0) is 7.05 Å². The van der Waals surface area contributed by atoms with E-state index in [2.05, 4.69) is 22.1 Å². The van der Waals surface area contributed by atoms with E-state index in [1.165, 1.54) is 0 Å². The molecule has 0 N–H and O–H groups in total. The Balaban J connectivity index is 2.16. The summed E-state index contributed by atoms with van der Waals surface area (Å²) in [4.78, 5) is 0. The number of pyridine rings is 1. The van der Waals surface area contributed by atoms with Crippen LogP contribution in [0.15, 0.2) is 59.0 Å². The second-order valence-electron chi connectivity index (χ2n) is 3.85. The molecule has 0 aliphatic rings. The van der Waals surface area contributed by atoms with Gasteiger partial charge in [-0.25, -0.2) is 4.57 Å². The van der Waals surface area contributed by atoms with E-state index in [0.717, 1.165) is 16.8 Å². The summed E-state index contributed by atoms with van der Waals surface area (Å²) < 4.78 is 1.98. The van der Waals surface area contributed by atoms with Gasteiger partial charge in [-0.15, -0.1) is 0 Å². The van der Waals surface area contributed by atoms with Gasteiger partial charge in [0.15, 0.2) is 12.4 Å². The van der Waals surface area contributed by atoms with Crippen LogP contribution in [0.1, 0.15) is 11.1 Å². The number of hydrogen-bond acceptors (Lipinski definition) is 2. The summed E-state index contributed by atoms with van der Waals surface area (Å²) in [5.74, 6) is 6.24. The van der Waals surface area contributed by atoms with Crippen LogP contribution in [0.2, 0.25) is 0 Å². The first-order valence-electron chi connectivity index (χ1n) is 5.65. The highest BCUT2D eigenvalue weighted by molar-refractivity contribution is 5.46. The Kier molecular flexibility index (Phi) is 3.83. The predicted octanol–water partition coefficient (Wildman–Crippen LogP) is 2.62. The zero-order valence-corrected chi connectivity index (χ0v) is 10.5. The van der Waals surface area contributed by atoms with Crippen LogP contribution < -0.4 is 4.57 Å². The Morgan fingerprint density at radius 3 is 2.00 bits per heavy atom. The third kappa shape index (κ3) is 3.26. The molecule has 0 spiro atoms. The molecule has 2 rings (SSSR count). The molecular weight excluding hydrogens is 222 g/mol. The molecule has 0 unspecified atom stereocenters. The van der Waals surface area contributed by atoms with Gasteiger partial charge in [0, 0.05) is 30.3 Å². The molecule has 1 aromatic carbocycles. The minimum Gasteiger partial charge on any atom is -0.208 e. The second kappa shape index (κ2) is 5.74. The summed E-state index contributed by atoms with van der Waals surface area (Å²) in [5, 5.41) is 7.67. The molecule has 0 amide bonds. The SMILES string of the molecule is CN=Nc1ccc(C#Cc2cc[n+](C)cc2)cc1. The summed E-state index contributed by atoms with van der Waals surface area (Å²) in [6.07, 6.45) is 3.96. The van der Waals surface area contributed by atoms with Crippen molar-refractivity contribution in [2.45, 2.75) is 0 Å². The molecule has 0 saturated heterocycles. The van der Waals surface area contributed by atoms with Crippen LogP contribution in [0, 0.1) is 11.8 Å². The number of benzene rings is 1. The number of rotatable bonds is 1. The van der Waals surface area contributed by atoms with Gasteiger partial charge in [0.1, 0.15) is 7.05 Å². The Labute approximate surface area is 107 Å². The molecule has 0 bridgehead atoms. The van der Waals surface area contributed by atoms with Gasteiger partial charge in [-0.1, -0.05) is 11.8 Å². The fourth-order valence-corrected chi connectivity index (χ4v) is 1.46. The highest BCUT2D eigenvalue weighted by Crippen LogP contribution is 2.12. The van der Waals surface area contributed by atoms with Crippen molar-refractivity contribution < 1.29 is 4.57 Å². The second-order valence-corrected chi connectivity index (χ2v) is 3.85. The smallest absolute Gasteiger partial charge is 0.169 e. The van der Waals surface area contributed by atoms with Gasteiger partial charge in [0.25, 0.3) is 0 Å². The molecule has 3 nitrogen and oxygen atoms in total. The molecule has 18 heavy (non-hydrogen) atoms. The van der Waals surface area contributed by atoms with E-state index < -0.39 is 0 Å². The van der Waals surface area contributed by atoms with Crippen LogP contribution in [0.5, 0.6) is 0 Å². The van der Waals surface area contributed by atoms with E-state index in [1.54, 1.807) is 7.05 Å². The van der Waals surface area contributed by atoms with Crippen LogP contribution in [0.25, 0.3) is 0 Å². The maximum Gasteiger partial charge on any atom is 0.169 e. The fourth-order valence-electron chi connectivity index (χ4n) is 1.46. The first-order valence-corrected chi connectivity index (χ1v) is 5.65. The minimum absolute atomic E-state index is 0.842. The van der Waals surface area contributed by atoms with Crippen molar-refractivity contribution in [2.24, 2.45) is 17.3 Å². The van der Waals surface area contributed by atoms with E-state index in [4.69, 9.17) is 0 Å². The van der Waals surface area contributed by atoms with Crippen molar-refractivity contribution >= 4 is 5.69 Å². The first-order chi connectivity index (χ1) is 8.78. The van der Waals surface area contributed by atoms with Crippen molar-refractivity contribution in [2.75, 3.05) is 7.05 Å². The molecular formula is C15H14N3+. The third-order valence-electron chi connectivity index (χ3n) is 2.41. The fraction of sp³-hybridized carbons (Fsp3) is 0.133.